The van der Waals surface area contributed by atoms with Gasteiger partial charge in [-0.3, -0.25) is 9.89 Å². The Morgan fingerprint density at radius 2 is 2.07 bits per heavy atom. The molecule has 2 fully saturated rings. The molecule has 1 N–H and O–H groups in total. The van der Waals surface area contributed by atoms with Crippen molar-refractivity contribution in [2.75, 3.05) is 19.7 Å². The third-order valence-corrected chi connectivity index (χ3v) is 6.05. The number of halogens is 1. The van der Waals surface area contributed by atoms with Gasteiger partial charge in [-0.1, -0.05) is 36.6 Å². The molecule has 1 aromatic heterocycles. The Kier molecular flexibility index (Phi) is 5.67. The Balaban J connectivity index is 1.28. The van der Waals surface area contributed by atoms with E-state index in [-0.39, 0.29) is 5.92 Å². The topological polar surface area (TPSA) is 58.2 Å². The van der Waals surface area contributed by atoms with Crippen LogP contribution < -0.4 is 4.74 Å². The summed E-state index contributed by atoms with van der Waals surface area (Å²) in [5, 5.41) is 8.23. The molecule has 1 saturated heterocycles. The lowest BCUT2D eigenvalue weighted by molar-refractivity contribution is -0.134. The van der Waals surface area contributed by atoms with Gasteiger partial charge in [-0.15, -0.1) is 0 Å². The Morgan fingerprint density at radius 1 is 1.26 bits per heavy atom. The van der Waals surface area contributed by atoms with E-state index in [1.807, 2.05) is 24.3 Å². The molecule has 1 saturated carbocycles. The van der Waals surface area contributed by atoms with E-state index >= 15 is 0 Å². The van der Waals surface area contributed by atoms with Gasteiger partial charge in [0, 0.05) is 37.0 Å². The van der Waals surface area contributed by atoms with Crippen LogP contribution in [0.25, 0.3) is 0 Å². The minimum atomic E-state index is 0.264. The minimum Gasteiger partial charge on any atom is -0.492 e. The largest absolute Gasteiger partial charge is 0.492 e. The number of hydrogen-bond donors (Lipinski definition) is 1. The van der Waals surface area contributed by atoms with Gasteiger partial charge in [0.2, 0.25) is 5.91 Å². The van der Waals surface area contributed by atoms with E-state index in [0.717, 1.165) is 50.2 Å². The van der Waals surface area contributed by atoms with Crippen LogP contribution in [0.1, 0.15) is 49.4 Å². The quantitative estimate of drug-likeness (QED) is 0.808. The van der Waals surface area contributed by atoms with Gasteiger partial charge in [0.1, 0.15) is 5.75 Å². The van der Waals surface area contributed by atoms with Gasteiger partial charge in [-0.2, -0.15) is 5.10 Å². The molecule has 1 aliphatic heterocycles. The maximum atomic E-state index is 12.6. The van der Waals surface area contributed by atoms with Crippen molar-refractivity contribution in [2.24, 2.45) is 5.92 Å². The van der Waals surface area contributed by atoms with Crippen LogP contribution >= 0.6 is 11.6 Å². The van der Waals surface area contributed by atoms with Crippen molar-refractivity contribution in [3.05, 3.63) is 46.7 Å². The van der Waals surface area contributed by atoms with Crippen LogP contribution in [0.5, 0.6) is 5.75 Å². The fourth-order valence-corrected chi connectivity index (χ4v) is 4.37. The number of para-hydroxylation sites is 1. The maximum absolute atomic E-state index is 12.6. The third-order valence-electron chi connectivity index (χ3n) is 5.74. The molecule has 2 aromatic rings. The van der Waals surface area contributed by atoms with Gasteiger partial charge in [-0.25, -0.2) is 0 Å². The molecule has 1 aromatic carbocycles. The first-order valence-corrected chi connectivity index (χ1v) is 10.3. The summed E-state index contributed by atoms with van der Waals surface area (Å²) in [4.78, 5) is 14.7. The molecular formula is C21H26ClN3O2. The van der Waals surface area contributed by atoms with E-state index in [4.69, 9.17) is 16.3 Å². The third kappa shape index (κ3) is 4.29. The van der Waals surface area contributed by atoms with E-state index in [1.165, 1.54) is 12.8 Å². The highest BCUT2D eigenvalue weighted by atomic mass is 35.5. The lowest BCUT2D eigenvalue weighted by Gasteiger charge is -2.20. The number of aromatic amines is 1. The number of H-pyrrole nitrogens is 1. The van der Waals surface area contributed by atoms with Crippen LogP contribution in [0.15, 0.2) is 30.3 Å². The van der Waals surface area contributed by atoms with E-state index in [9.17, 15) is 4.79 Å². The fraction of sp³-hybridized carbons (Fsp3) is 0.524. The van der Waals surface area contributed by atoms with Crippen molar-refractivity contribution in [3.8, 4) is 5.75 Å². The van der Waals surface area contributed by atoms with Crippen molar-refractivity contribution < 1.29 is 9.53 Å². The van der Waals surface area contributed by atoms with Gasteiger partial charge in [-0.05, 0) is 37.5 Å². The SMILES string of the molecule is O=C(C1CCCC1)N1CC[C@@H](c2cc(CCOc3ccccc3Cl)[nH]n2)C1. The highest BCUT2D eigenvalue weighted by Gasteiger charge is 2.33. The smallest absolute Gasteiger partial charge is 0.225 e. The number of hydrogen-bond acceptors (Lipinski definition) is 3. The number of carbonyl (C=O) groups excluding carboxylic acids is 1. The van der Waals surface area contributed by atoms with Gasteiger partial charge in [0.25, 0.3) is 0 Å². The summed E-state index contributed by atoms with van der Waals surface area (Å²) in [5.74, 6) is 1.67. The molecule has 144 valence electrons. The van der Waals surface area contributed by atoms with E-state index in [2.05, 4.69) is 21.2 Å². The van der Waals surface area contributed by atoms with Crippen LogP contribution in [0.2, 0.25) is 5.02 Å². The van der Waals surface area contributed by atoms with Crippen molar-refractivity contribution >= 4 is 17.5 Å². The number of rotatable bonds is 6. The van der Waals surface area contributed by atoms with Gasteiger partial charge in [0.15, 0.2) is 0 Å². The number of carbonyl (C=O) groups is 1. The predicted octanol–water partition coefficient (Wildman–Crippen LogP) is 4.19. The molecule has 5 nitrogen and oxygen atoms in total. The zero-order valence-corrected chi connectivity index (χ0v) is 16.3. The number of nitrogens with zero attached hydrogens (tertiary/aromatic N) is 2. The molecule has 0 unspecified atom stereocenters. The lowest BCUT2D eigenvalue weighted by atomic mass is 10.0. The normalized spacial score (nSPS) is 20.3. The second-order valence-electron chi connectivity index (χ2n) is 7.60. The highest BCUT2D eigenvalue weighted by Crippen LogP contribution is 2.32. The molecule has 4 rings (SSSR count). The average molecular weight is 388 g/mol. The first-order chi connectivity index (χ1) is 13.2. The monoisotopic (exact) mass is 387 g/mol. The molecule has 0 radical (unpaired) electrons. The van der Waals surface area contributed by atoms with Gasteiger partial charge in [0.05, 0.1) is 17.3 Å². The van der Waals surface area contributed by atoms with Crippen LogP contribution in [0.3, 0.4) is 0 Å². The molecular weight excluding hydrogens is 362 g/mol. The first kappa shape index (κ1) is 18.4. The van der Waals surface area contributed by atoms with Crippen molar-refractivity contribution in [3.63, 3.8) is 0 Å². The summed E-state index contributed by atoms with van der Waals surface area (Å²) >= 11 is 6.11. The summed E-state index contributed by atoms with van der Waals surface area (Å²) in [6, 6.07) is 9.61. The number of benzene rings is 1. The summed E-state index contributed by atoms with van der Waals surface area (Å²) in [7, 11) is 0. The summed E-state index contributed by atoms with van der Waals surface area (Å²) in [6.45, 7) is 2.20. The molecule has 2 aliphatic rings. The molecule has 2 heterocycles. The zero-order chi connectivity index (χ0) is 18.6. The molecule has 0 spiro atoms. The van der Waals surface area contributed by atoms with Crippen molar-refractivity contribution in [2.45, 2.75) is 44.4 Å². The van der Waals surface area contributed by atoms with Crippen molar-refractivity contribution in [1.29, 1.82) is 0 Å². The van der Waals surface area contributed by atoms with Gasteiger partial charge >= 0.3 is 0 Å². The summed E-state index contributed by atoms with van der Waals surface area (Å²) in [6.07, 6.45) is 6.28. The molecule has 6 heteroatoms. The Labute approximate surface area is 165 Å². The van der Waals surface area contributed by atoms with Crippen molar-refractivity contribution in [1.82, 2.24) is 15.1 Å². The highest BCUT2D eigenvalue weighted by molar-refractivity contribution is 6.32. The first-order valence-electron chi connectivity index (χ1n) is 9.91. The Morgan fingerprint density at radius 3 is 2.89 bits per heavy atom. The zero-order valence-electron chi connectivity index (χ0n) is 15.5. The van der Waals surface area contributed by atoms with Crippen LogP contribution in [-0.4, -0.2) is 40.7 Å². The van der Waals surface area contributed by atoms with E-state index in [1.54, 1.807) is 0 Å². The lowest BCUT2D eigenvalue weighted by Crippen LogP contribution is -2.33. The van der Waals surface area contributed by atoms with Crippen LogP contribution in [0, 0.1) is 5.92 Å². The minimum absolute atomic E-state index is 0.264. The number of nitrogens with one attached hydrogen (secondary N) is 1. The molecule has 1 aliphatic carbocycles. The van der Waals surface area contributed by atoms with Crippen LogP contribution in [-0.2, 0) is 11.2 Å². The van der Waals surface area contributed by atoms with E-state index < -0.39 is 0 Å². The Bertz CT molecular complexity index is 785. The summed E-state index contributed by atoms with van der Waals surface area (Å²) in [5.41, 5.74) is 2.11. The molecule has 27 heavy (non-hydrogen) atoms. The Hall–Kier alpha value is -2.01. The standard InChI is InChI=1S/C21H26ClN3O2/c22-18-7-3-4-8-20(18)27-12-10-17-13-19(24-23-17)16-9-11-25(14-16)21(26)15-5-1-2-6-15/h3-4,7-8,13,15-16H,1-2,5-6,9-12,14H2,(H,23,24)/t16-/m1/s1. The van der Waals surface area contributed by atoms with E-state index in [0.29, 0.717) is 29.2 Å². The molecule has 0 bridgehead atoms. The fourth-order valence-electron chi connectivity index (χ4n) is 4.18. The number of ether oxygens (including phenoxy) is 1. The van der Waals surface area contributed by atoms with Crippen LogP contribution in [0.4, 0.5) is 0 Å². The summed E-state index contributed by atoms with van der Waals surface area (Å²) < 4.78 is 5.75. The number of amides is 1. The maximum Gasteiger partial charge on any atom is 0.225 e. The second kappa shape index (κ2) is 8.34. The number of aromatic nitrogens is 2. The molecule has 1 amide bonds. The average Bonchev–Trinajstić information content (AvgIpc) is 3.44. The second-order valence-corrected chi connectivity index (χ2v) is 8.01. The predicted molar refractivity (Wildman–Crippen MR) is 105 cm³/mol. The number of likely N-dealkylation sites (tertiary alicyclic amines) is 1. The van der Waals surface area contributed by atoms with Gasteiger partial charge < -0.3 is 9.64 Å². The molecule has 1 atom stereocenters.